The number of hydrogen-bond acceptors (Lipinski definition) is 2. The van der Waals surface area contributed by atoms with Crippen molar-refractivity contribution in [1.29, 1.82) is 0 Å². The molecule has 198 valence electrons. The molecule has 1 N–H and O–H groups in total. The van der Waals surface area contributed by atoms with Crippen LogP contribution < -0.4 is 0 Å². The third-order valence-electron chi connectivity index (χ3n) is 11.5. The van der Waals surface area contributed by atoms with Crippen LogP contribution in [0.25, 0.3) is 0 Å². The van der Waals surface area contributed by atoms with Gasteiger partial charge in [-0.1, -0.05) is 46.5 Å². The summed E-state index contributed by atoms with van der Waals surface area (Å²) in [5, 5.41) is 9.10. The van der Waals surface area contributed by atoms with Gasteiger partial charge in [-0.2, -0.15) is 12.6 Å². The highest BCUT2D eigenvalue weighted by Gasteiger charge is 2.59. The Kier molecular flexibility index (Phi) is 10.3. The van der Waals surface area contributed by atoms with Crippen molar-refractivity contribution < 1.29 is 14.3 Å². The Hall–Kier alpha value is -0.250. The van der Waals surface area contributed by atoms with E-state index in [1.807, 2.05) is 6.92 Å². The van der Waals surface area contributed by atoms with E-state index in [1.165, 1.54) is 70.6 Å². The summed E-state index contributed by atoms with van der Waals surface area (Å²) in [5.41, 5.74) is 1.07. The summed E-state index contributed by atoms with van der Waals surface area (Å²) in [6.45, 7) is 7.18. The first-order valence-corrected chi connectivity index (χ1v) is 15.5. The molecule has 5 aliphatic rings. The van der Waals surface area contributed by atoms with Gasteiger partial charge in [0, 0.05) is 6.42 Å². The normalized spacial score (nSPS) is 45.3. The SMILES string of the molecule is CC12CCCCC1CCC1C2CCC2(C)C(CCC(=O)O)CCC12.CC1CCCCC1F.CS. The Morgan fingerprint density at radius 2 is 1.53 bits per heavy atom. The Balaban J connectivity index is 0.000000274. The molecule has 0 aromatic heterocycles. The molecule has 0 heterocycles. The van der Waals surface area contributed by atoms with Gasteiger partial charge in [0.1, 0.15) is 6.17 Å². The van der Waals surface area contributed by atoms with E-state index in [0.29, 0.717) is 29.1 Å². The van der Waals surface area contributed by atoms with Gasteiger partial charge in [0.15, 0.2) is 0 Å². The van der Waals surface area contributed by atoms with Crippen LogP contribution in [0.1, 0.15) is 124 Å². The van der Waals surface area contributed by atoms with Crippen LogP contribution in [0.2, 0.25) is 0 Å². The van der Waals surface area contributed by atoms with Crippen molar-refractivity contribution >= 4 is 18.6 Å². The van der Waals surface area contributed by atoms with Crippen molar-refractivity contribution in [3.8, 4) is 0 Å². The standard InChI is InChI=1S/C22H36O2.C7H13F.CH4S/c1-21-13-4-3-5-15(21)6-9-17-18-10-7-16(8-11-20(23)24)22(18,2)14-12-19(17)21;1-6-4-2-3-5-7(6)8;1-2/h15-19H,3-14H2,1-2H3,(H,23,24);6-7H,2-5H2,1H3;2H,1H3. The Morgan fingerprint density at radius 1 is 0.853 bits per heavy atom. The minimum absolute atomic E-state index is 0.337. The molecule has 0 aliphatic heterocycles. The smallest absolute Gasteiger partial charge is 0.303 e. The number of carboxylic acids is 1. The van der Waals surface area contributed by atoms with Crippen molar-refractivity contribution in [3.63, 3.8) is 0 Å². The third kappa shape index (κ3) is 5.83. The fraction of sp³-hybridized carbons (Fsp3) is 0.967. The van der Waals surface area contributed by atoms with Crippen LogP contribution in [-0.4, -0.2) is 23.5 Å². The Morgan fingerprint density at radius 3 is 2.18 bits per heavy atom. The number of fused-ring (bicyclic) bond motifs is 5. The van der Waals surface area contributed by atoms with Crippen molar-refractivity contribution in [3.05, 3.63) is 0 Å². The van der Waals surface area contributed by atoms with Crippen LogP contribution in [0, 0.1) is 46.3 Å². The lowest BCUT2D eigenvalue weighted by Gasteiger charge is -2.60. The maximum atomic E-state index is 12.6. The lowest BCUT2D eigenvalue weighted by atomic mass is 9.45. The fourth-order valence-corrected chi connectivity index (χ4v) is 9.45. The zero-order valence-corrected chi connectivity index (χ0v) is 23.4. The van der Waals surface area contributed by atoms with E-state index in [0.717, 1.165) is 49.4 Å². The molecular formula is C30H53FO2S. The molecule has 5 saturated carbocycles. The highest BCUT2D eigenvalue weighted by molar-refractivity contribution is 7.79. The summed E-state index contributed by atoms with van der Waals surface area (Å²) in [6.07, 6.45) is 21.0. The predicted octanol–water partition coefficient (Wildman–Crippen LogP) is 8.98. The molecule has 0 saturated heterocycles. The minimum Gasteiger partial charge on any atom is -0.481 e. The zero-order valence-electron chi connectivity index (χ0n) is 22.5. The number of halogens is 1. The van der Waals surface area contributed by atoms with E-state index in [-0.39, 0.29) is 0 Å². The largest absolute Gasteiger partial charge is 0.481 e. The van der Waals surface area contributed by atoms with Gasteiger partial charge in [0.05, 0.1) is 0 Å². The molecule has 5 fully saturated rings. The summed E-state index contributed by atoms with van der Waals surface area (Å²) >= 11 is 3.53. The molecule has 4 heteroatoms. The van der Waals surface area contributed by atoms with Gasteiger partial charge in [-0.25, -0.2) is 4.39 Å². The Labute approximate surface area is 215 Å². The first kappa shape index (κ1) is 28.3. The van der Waals surface area contributed by atoms with Gasteiger partial charge >= 0.3 is 5.97 Å². The summed E-state index contributed by atoms with van der Waals surface area (Å²) in [6, 6.07) is 0. The van der Waals surface area contributed by atoms with E-state index in [2.05, 4.69) is 26.5 Å². The van der Waals surface area contributed by atoms with Gasteiger partial charge in [-0.3, -0.25) is 4.79 Å². The molecule has 9 unspecified atom stereocenters. The summed E-state index contributed by atoms with van der Waals surface area (Å²) in [5.74, 6) is 4.19. The number of thiol groups is 1. The number of alkyl halides is 1. The van der Waals surface area contributed by atoms with E-state index in [9.17, 15) is 9.18 Å². The molecule has 9 atom stereocenters. The summed E-state index contributed by atoms with van der Waals surface area (Å²) in [4.78, 5) is 11.0. The molecule has 0 bridgehead atoms. The highest BCUT2D eigenvalue weighted by Crippen LogP contribution is 2.67. The monoisotopic (exact) mass is 496 g/mol. The summed E-state index contributed by atoms with van der Waals surface area (Å²) < 4.78 is 12.6. The molecule has 5 rings (SSSR count). The second kappa shape index (κ2) is 12.3. The van der Waals surface area contributed by atoms with Gasteiger partial charge in [-0.05, 0) is 123 Å². The molecule has 0 spiro atoms. The third-order valence-corrected chi connectivity index (χ3v) is 11.5. The van der Waals surface area contributed by atoms with Gasteiger partial charge < -0.3 is 5.11 Å². The lowest BCUT2D eigenvalue weighted by molar-refractivity contribution is -0.138. The van der Waals surface area contributed by atoms with Crippen LogP contribution >= 0.6 is 12.6 Å². The fourth-order valence-electron chi connectivity index (χ4n) is 9.45. The molecule has 0 radical (unpaired) electrons. The number of carboxylic acid groups (broad SMARTS) is 1. The second-order valence-corrected chi connectivity index (χ2v) is 12.9. The van der Waals surface area contributed by atoms with Crippen molar-refractivity contribution in [2.24, 2.45) is 46.3 Å². The maximum absolute atomic E-state index is 12.6. The van der Waals surface area contributed by atoms with E-state index >= 15 is 0 Å². The van der Waals surface area contributed by atoms with E-state index < -0.39 is 12.1 Å². The van der Waals surface area contributed by atoms with E-state index in [4.69, 9.17) is 5.11 Å². The molecule has 0 aromatic rings. The Bertz CT molecular complexity index is 646. The van der Waals surface area contributed by atoms with Crippen LogP contribution in [0.5, 0.6) is 0 Å². The zero-order chi connectivity index (χ0) is 24.9. The van der Waals surface area contributed by atoms with Crippen molar-refractivity contribution in [2.45, 2.75) is 130 Å². The quantitative estimate of drug-likeness (QED) is 0.383. The van der Waals surface area contributed by atoms with Crippen molar-refractivity contribution in [1.82, 2.24) is 0 Å². The average Bonchev–Trinajstić information content (AvgIpc) is 3.17. The van der Waals surface area contributed by atoms with Gasteiger partial charge in [0.2, 0.25) is 0 Å². The molecule has 2 nitrogen and oxygen atoms in total. The number of aliphatic carboxylic acids is 1. The molecule has 0 aromatic carbocycles. The molecular weight excluding hydrogens is 443 g/mol. The highest BCUT2D eigenvalue weighted by atomic mass is 32.1. The summed E-state index contributed by atoms with van der Waals surface area (Å²) in [7, 11) is 0. The van der Waals surface area contributed by atoms with Crippen LogP contribution in [0.15, 0.2) is 0 Å². The molecule has 5 aliphatic carbocycles. The second-order valence-electron chi connectivity index (χ2n) is 12.9. The number of rotatable bonds is 3. The van der Waals surface area contributed by atoms with Crippen LogP contribution in [0.4, 0.5) is 4.39 Å². The first-order chi connectivity index (χ1) is 16.3. The minimum atomic E-state index is -0.606. The number of hydrogen-bond donors (Lipinski definition) is 2. The number of carbonyl (C=O) groups is 1. The molecule has 34 heavy (non-hydrogen) atoms. The van der Waals surface area contributed by atoms with Gasteiger partial charge in [0.25, 0.3) is 0 Å². The van der Waals surface area contributed by atoms with Crippen LogP contribution in [-0.2, 0) is 4.79 Å². The lowest BCUT2D eigenvalue weighted by Crippen LogP contribution is -2.52. The predicted molar refractivity (Wildman–Crippen MR) is 144 cm³/mol. The van der Waals surface area contributed by atoms with E-state index in [1.54, 1.807) is 6.26 Å². The average molecular weight is 497 g/mol. The molecule has 0 amide bonds. The van der Waals surface area contributed by atoms with Crippen LogP contribution in [0.3, 0.4) is 0 Å². The topological polar surface area (TPSA) is 37.3 Å². The maximum Gasteiger partial charge on any atom is 0.303 e. The van der Waals surface area contributed by atoms with Crippen molar-refractivity contribution in [2.75, 3.05) is 6.26 Å². The first-order valence-electron chi connectivity index (χ1n) is 14.6. The van der Waals surface area contributed by atoms with Gasteiger partial charge in [-0.15, -0.1) is 0 Å².